The van der Waals surface area contributed by atoms with E-state index in [-0.39, 0.29) is 0 Å². The first-order valence-corrected chi connectivity index (χ1v) is 6.40. The van der Waals surface area contributed by atoms with Gasteiger partial charge in [-0.2, -0.15) is 13.8 Å². The maximum Gasteiger partial charge on any atom is 0.250 e. The summed E-state index contributed by atoms with van der Waals surface area (Å²) < 4.78 is 54.1. The van der Waals surface area contributed by atoms with Crippen LogP contribution in [0.2, 0.25) is 0 Å². The molecule has 0 radical (unpaired) electrons. The summed E-state index contributed by atoms with van der Waals surface area (Å²) in [5, 5.41) is 0. The largest absolute Gasteiger partial charge is 0.399 e. The van der Waals surface area contributed by atoms with Gasteiger partial charge < -0.3 is 5.43 Å². The van der Waals surface area contributed by atoms with Gasteiger partial charge in [0.15, 0.2) is 24.0 Å². The Labute approximate surface area is 128 Å². The highest BCUT2D eigenvalue weighted by atomic mass is 19.2. The highest BCUT2D eigenvalue weighted by Gasteiger charge is 2.16. The molecule has 0 saturated heterocycles. The summed E-state index contributed by atoms with van der Waals surface area (Å²) in [6.45, 7) is 0. The van der Waals surface area contributed by atoms with Crippen LogP contribution in [-0.2, 0) is 0 Å². The Morgan fingerprint density at radius 3 is 1.87 bits per heavy atom. The molecule has 3 aromatic rings. The van der Waals surface area contributed by atoms with Crippen molar-refractivity contribution in [3.05, 3.63) is 78.0 Å². The van der Waals surface area contributed by atoms with Crippen molar-refractivity contribution in [2.24, 2.45) is 0 Å². The minimum atomic E-state index is -1.75. The van der Waals surface area contributed by atoms with Gasteiger partial charge in [0.25, 0.3) is 11.9 Å². The topological polar surface area (TPSA) is 43.8 Å². The fraction of sp³-hybridized carbons (Fsp3) is 0. The molecule has 0 fully saturated rings. The van der Waals surface area contributed by atoms with Gasteiger partial charge in [-0.15, -0.1) is 0 Å². The van der Waals surface area contributed by atoms with E-state index in [1.54, 1.807) is 36.7 Å². The molecule has 0 amide bonds. The fourth-order valence-corrected chi connectivity index (χ4v) is 1.90. The Bertz CT molecular complexity index is 812. The van der Waals surface area contributed by atoms with Gasteiger partial charge in [0.05, 0.1) is 0 Å². The molecule has 8 heteroatoms. The van der Waals surface area contributed by atoms with Crippen LogP contribution >= 0.6 is 0 Å². The Morgan fingerprint density at radius 2 is 1.30 bits per heavy atom. The van der Waals surface area contributed by atoms with E-state index in [9.17, 15) is 17.6 Å². The first-order chi connectivity index (χ1) is 11.1. The first kappa shape index (κ1) is 14.9. The van der Waals surface area contributed by atoms with Crippen LogP contribution in [0.5, 0.6) is 0 Å². The van der Waals surface area contributed by atoms with Crippen LogP contribution < -0.4 is 4.68 Å². The Kier molecular flexibility index (Phi) is 3.88. The zero-order valence-electron chi connectivity index (χ0n) is 11.4. The predicted molar refractivity (Wildman–Crippen MR) is 72.4 cm³/mol. The third-order valence-electron chi connectivity index (χ3n) is 3.02. The third-order valence-corrected chi connectivity index (χ3v) is 3.02. The molecule has 0 N–H and O–H groups in total. The molecule has 0 bridgehead atoms. The van der Waals surface area contributed by atoms with Crippen molar-refractivity contribution in [1.82, 2.24) is 9.97 Å². The molecule has 0 unspecified atom stereocenters. The average Bonchev–Trinajstić information content (AvgIpc) is 2.58. The molecule has 0 aliphatic carbocycles. The molecule has 0 spiro atoms. The van der Waals surface area contributed by atoms with Crippen LogP contribution in [0.1, 0.15) is 0 Å². The van der Waals surface area contributed by atoms with Crippen molar-refractivity contribution < 1.29 is 22.2 Å². The standard InChI is InChI=1S/C15H8F4N4/c16-11-13(12(17)15(19)21-14(11)18)22-23-7-3-10(4-8-23)9-1-5-20-6-2-9/h1-8H. The van der Waals surface area contributed by atoms with Crippen LogP contribution in [0.15, 0.2) is 49.1 Å². The molecule has 116 valence electrons. The van der Waals surface area contributed by atoms with Crippen LogP contribution in [0.3, 0.4) is 0 Å². The van der Waals surface area contributed by atoms with E-state index >= 15 is 0 Å². The Hall–Kier alpha value is -3.03. The summed E-state index contributed by atoms with van der Waals surface area (Å²) in [5.41, 5.74) is 4.14. The normalized spacial score (nSPS) is 10.6. The van der Waals surface area contributed by atoms with Gasteiger partial charge in [0.1, 0.15) is 0 Å². The lowest BCUT2D eigenvalue weighted by molar-refractivity contribution is -0.619. The van der Waals surface area contributed by atoms with Crippen LogP contribution in [0.4, 0.5) is 23.2 Å². The second kappa shape index (κ2) is 5.99. The molecule has 0 saturated carbocycles. The van der Waals surface area contributed by atoms with Crippen molar-refractivity contribution in [1.29, 1.82) is 0 Å². The van der Waals surface area contributed by atoms with E-state index < -0.39 is 29.2 Å². The van der Waals surface area contributed by atoms with Gasteiger partial charge >= 0.3 is 0 Å². The number of pyridine rings is 3. The zero-order valence-corrected chi connectivity index (χ0v) is 11.4. The van der Waals surface area contributed by atoms with E-state index in [0.29, 0.717) is 0 Å². The van der Waals surface area contributed by atoms with E-state index in [1.165, 1.54) is 12.4 Å². The van der Waals surface area contributed by atoms with Crippen molar-refractivity contribution in [3.63, 3.8) is 0 Å². The minimum Gasteiger partial charge on any atom is -0.399 e. The number of hydrogen-bond acceptors (Lipinski definition) is 2. The van der Waals surface area contributed by atoms with E-state index in [2.05, 4.69) is 15.4 Å². The number of hydrogen-bond donors (Lipinski definition) is 0. The Morgan fingerprint density at radius 1 is 0.783 bits per heavy atom. The maximum absolute atomic E-state index is 13.5. The summed E-state index contributed by atoms with van der Waals surface area (Å²) in [6, 6.07) is 6.82. The van der Waals surface area contributed by atoms with Crippen molar-refractivity contribution in [2.75, 3.05) is 0 Å². The smallest absolute Gasteiger partial charge is 0.250 e. The van der Waals surface area contributed by atoms with Crippen LogP contribution in [0.25, 0.3) is 16.6 Å². The number of halogens is 4. The number of nitrogens with zero attached hydrogens (tertiary/aromatic N) is 4. The monoisotopic (exact) mass is 320 g/mol. The van der Waals surface area contributed by atoms with Gasteiger partial charge in [0.2, 0.25) is 0 Å². The maximum atomic E-state index is 13.5. The number of rotatable bonds is 3. The quantitative estimate of drug-likeness (QED) is 0.421. The second-order valence-electron chi connectivity index (χ2n) is 4.47. The molecule has 3 aromatic heterocycles. The molecule has 3 heterocycles. The molecular formula is C15H8F4N4. The van der Waals surface area contributed by atoms with E-state index in [4.69, 9.17) is 0 Å². The molecule has 0 aromatic carbocycles. The van der Waals surface area contributed by atoms with Gasteiger partial charge in [-0.3, -0.25) is 4.98 Å². The minimum absolute atomic E-state index is 0.812. The van der Waals surface area contributed by atoms with Crippen LogP contribution in [-0.4, -0.2) is 9.97 Å². The molecule has 3 rings (SSSR count). The summed E-state index contributed by atoms with van der Waals surface area (Å²) in [7, 11) is 0. The van der Waals surface area contributed by atoms with Gasteiger partial charge in [0, 0.05) is 24.5 Å². The van der Waals surface area contributed by atoms with Crippen LogP contribution in [0, 0.1) is 23.5 Å². The molecule has 23 heavy (non-hydrogen) atoms. The SMILES string of the molecule is Fc1nc(F)c(F)c([N-][n+]2ccc(-c3ccncc3)cc2)c1F. The fourth-order valence-electron chi connectivity index (χ4n) is 1.90. The third kappa shape index (κ3) is 2.96. The van der Waals surface area contributed by atoms with Crippen molar-refractivity contribution >= 4 is 5.69 Å². The molecule has 0 aliphatic rings. The van der Waals surface area contributed by atoms with Gasteiger partial charge in [-0.1, -0.05) is 0 Å². The summed E-state index contributed by atoms with van der Waals surface area (Å²) in [6.07, 6.45) is 6.03. The molecule has 0 atom stereocenters. The van der Waals surface area contributed by atoms with E-state index in [0.717, 1.165) is 15.8 Å². The van der Waals surface area contributed by atoms with Crippen molar-refractivity contribution in [2.45, 2.75) is 0 Å². The Balaban J connectivity index is 1.90. The van der Waals surface area contributed by atoms with Gasteiger partial charge in [-0.05, 0) is 28.9 Å². The summed E-state index contributed by atoms with van der Waals surface area (Å²) in [4.78, 5) is 6.37. The van der Waals surface area contributed by atoms with E-state index in [1.807, 2.05) is 0 Å². The second-order valence-corrected chi connectivity index (χ2v) is 4.47. The molecule has 4 nitrogen and oxygen atoms in total. The highest BCUT2D eigenvalue weighted by Crippen LogP contribution is 2.27. The summed E-state index contributed by atoms with van der Waals surface area (Å²) >= 11 is 0. The summed E-state index contributed by atoms with van der Waals surface area (Å²) in [5.74, 6) is -6.82. The first-order valence-electron chi connectivity index (χ1n) is 6.40. The lowest BCUT2D eigenvalue weighted by Gasteiger charge is -2.16. The highest BCUT2D eigenvalue weighted by molar-refractivity contribution is 5.61. The lowest BCUT2D eigenvalue weighted by atomic mass is 10.1. The zero-order chi connectivity index (χ0) is 16.4. The molecule has 0 aliphatic heterocycles. The van der Waals surface area contributed by atoms with Crippen molar-refractivity contribution in [3.8, 4) is 11.1 Å². The molecular weight excluding hydrogens is 312 g/mol. The number of aromatic nitrogens is 3. The van der Waals surface area contributed by atoms with Gasteiger partial charge in [-0.25, -0.2) is 13.5 Å². The average molecular weight is 320 g/mol. The predicted octanol–water partition coefficient (Wildman–Crippen LogP) is 3.46. The lowest BCUT2D eigenvalue weighted by Crippen LogP contribution is -2.27.